The molecule has 86 valence electrons. The first-order valence-electron chi connectivity index (χ1n) is 5.21. The van der Waals surface area contributed by atoms with Gasteiger partial charge in [0.1, 0.15) is 5.15 Å². The fourth-order valence-corrected chi connectivity index (χ4v) is 1.65. The zero-order valence-corrected chi connectivity index (χ0v) is 9.41. The fraction of sp³-hybridized carbons (Fsp3) is 0.500. The van der Waals surface area contributed by atoms with Gasteiger partial charge in [-0.05, 0) is 18.4 Å². The van der Waals surface area contributed by atoms with E-state index < -0.39 is 4.92 Å². The second-order valence-corrected chi connectivity index (χ2v) is 4.30. The Morgan fingerprint density at radius 3 is 2.94 bits per heavy atom. The Morgan fingerprint density at radius 1 is 1.56 bits per heavy atom. The third-order valence-corrected chi connectivity index (χ3v) is 2.79. The summed E-state index contributed by atoms with van der Waals surface area (Å²) >= 11 is 5.70. The van der Waals surface area contributed by atoms with Crippen LogP contribution in [-0.4, -0.2) is 16.5 Å². The maximum absolute atomic E-state index is 10.7. The van der Waals surface area contributed by atoms with Gasteiger partial charge in [0, 0.05) is 12.6 Å². The molecular formula is C10H12ClN3O2. The van der Waals surface area contributed by atoms with Crippen LogP contribution in [0.3, 0.4) is 0 Å². The summed E-state index contributed by atoms with van der Waals surface area (Å²) in [5, 5.41) is 14.0. The molecule has 1 aromatic rings. The molecular weight excluding hydrogens is 230 g/mol. The number of nitro groups is 1. The molecule has 0 unspecified atom stereocenters. The predicted molar refractivity (Wildman–Crippen MR) is 61.7 cm³/mol. The summed E-state index contributed by atoms with van der Waals surface area (Å²) < 4.78 is 0. The molecule has 0 amide bonds. The maximum atomic E-state index is 10.7. The van der Waals surface area contributed by atoms with Crippen LogP contribution in [0.5, 0.6) is 0 Å². The molecule has 5 nitrogen and oxygen atoms in total. The average molecular weight is 242 g/mol. The molecule has 0 atom stereocenters. The number of aromatic nitrogens is 1. The van der Waals surface area contributed by atoms with Crippen LogP contribution >= 0.6 is 11.6 Å². The van der Waals surface area contributed by atoms with Gasteiger partial charge in [-0.1, -0.05) is 24.4 Å². The normalized spacial score (nSPS) is 14.8. The molecule has 1 aliphatic rings. The van der Waals surface area contributed by atoms with Gasteiger partial charge >= 0.3 is 5.69 Å². The molecule has 6 heteroatoms. The Hall–Kier alpha value is -1.36. The Morgan fingerprint density at radius 2 is 2.31 bits per heavy atom. The number of anilines is 1. The van der Waals surface area contributed by atoms with Gasteiger partial charge in [-0.25, -0.2) is 4.98 Å². The van der Waals surface area contributed by atoms with E-state index >= 15 is 0 Å². The number of rotatable bonds is 5. The van der Waals surface area contributed by atoms with Crippen molar-refractivity contribution in [3.05, 3.63) is 27.4 Å². The number of hydrogen-bond donors (Lipinski definition) is 1. The zero-order valence-electron chi connectivity index (χ0n) is 8.65. The molecule has 0 spiro atoms. The van der Waals surface area contributed by atoms with E-state index in [2.05, 4.69) is 10.3 Å². The smallest absolute Gasteiger partial charge is 0.311 e. The Bertz CT molecular complexity index is 407. The van der Waals surface area contributed by atoms with Crippen molar-refractivity contribution in [2.24, 2.45) is 5.92 Å². The summed E-state index contributed by atoms with van der Waals surface area (Å²) in [5.74, 6) is 1.05. The third kappa shape index (κ3) is 2.82. The highest BCUT2D eigenvalue weighted by atomic mass is 35.5. The minimum atomic E-state index is -0.456. The number of nitrogens with one attached hydrogen (secondary N) is 1. The van der Waals surface area contributed by atoms with E-state index in [1.165, 1.54) is 25.0 Å². The van der Waals surface area contributed by atoms with Crippen molar-refractivity contribution in [2.45, 2.75) is 19.3 Å². The molecule has 2 rings (SSSR count). The molecule has 1 aliphatic carbocycles. The van der Waals surface area contributed by atoms with Gasteiger partial charge in [0.25, 0.3) is 0 Å². The molecule has 0 aromatic carbocycles. The lowest BCUT2D eigenvalue weighted by Crippen LogP contribution is -2.06. The largest absolute Gasteiger partial charge is 0.364 e. The molecule has 16 heavy (non-hydrogen) atoms. The summed E-state index contributed by atoms with van der Waals surface area (Å²) in [4.78, 5) is 14.2. The van der Waals surface area contributed by atoms with Gasteiger partial charge in [-0.15, -0.1) is 0 Å². The lowest BCUT2D eigenvalue weighted by atomic mass is 10.3. The van der Waals surface area contributed by atoms with Crippen LogP contribution < -0.4 is 5.32 Å². The topological polar surface area (TPSA) is 68.1 Å². The number of pyridine rings is 1. The molecule has 1 N–H and O–H groups in total. The highest BCUT2D eigenvalue weighted by Gasteiger charge is 2.21. The summed E-state index contributed by atoms with van der Waals surface area (Å²) in [6.45, 7) is 0.707. The van der Waals surface area contributed by atoms with E-state index in [4.69, 9.17) is 11.6 Å². The van der Waals surface area contributed by atoms with Crippen LogP contribution in [0.1, 0.15) is 19.3 Å². The minimum absolute atomic E-state index is 0.0276. The maximum Gasteiger partial charge on any atom is 0.311 e. The molecule has 1 saturated carbocycles. The standard InChI is InChI=1S/C10H12ClN3O2/c11-9-4-3-8(14(15)16)10(13-9)12-6-5-7-1-2-7/h3-4,7H,1-2,5-6H2,(H,12,13). The Kier molecular flexibility index (Phi) is 3.24. The summed E-state index contributed by atoms with van der Waals surface area (Å²) in [7, 11) is 0. The zero-order chi connectivity index (χ0) is 11.5. The van der Waals surface area contributed by atoms with Crippen LogP contribution in [0, 0.1) is 16.0 Å². The number of halogens is 1. The van der Waals surface area contributed by atoms with E-state index in [1.54, 1.807) is 0 Å². The molecule has 0 saturated heterocycles. The van der Waals surface area contributed by atoms with Crippen molar-refractivity contribution in [1.82, 2.24) is 4.98 Å². The van der Waals surface area contributed by atoms with Crippen molar-refractivity contribution in [2.75, 3.05) is 11.9 Å². The first-order chi connectivity index (χ1) is 7.66. The van der Waals surface area contributed by atoms with E-state index in [9.17, 15) is 10.1 Å². The lowest BCUT2D eigenvalue weighted by molar-refractivity contribution is -0.384. The monoisotopic (exact) mass is 241 g/mol. The van der Waals surface area contributed by atoms with Crippen LogP contribution in [-0.2, 0) is 0 Å². The second-order valence-electron chi connectivity index (χ2n) is 3.92. The predicted octanol–water partition coefficient (Wildman–Crippen LogP) is 2.86. The van der Waals surface area contributed by atoms with Crippen LogP contribution in [0.2, 0.25) is 5.15 Å². The van der Waals surface area contributed by atoms with E-state index in [1.807, 2.05) is 0 Å². The van der Waals surface area contributed by atoms with Crippen molar-refractivity contribution in [3.63, 3.8) is 0 Å². The quantitative estimate of drug-likeness (QED) is 0.489. The highest BCUT2D eigenvalue weighted by Crippen LogP contribution is 2.32. The minimum Gasteiger partial charge on any atom is -0.364 e. The van der Waals surface area contributed by atoms with Crippen molar-refractivity contribution in [3.8, 4) is 0 Å². The van der Waals surface area contributed by atoms with Crippen LogP contribution in [0.15, 0.2) is 12.1 Å². The highest BCUT2D eigenvalue weighted by molar-refractivity contribution is 6.29. The molecule has 0 radical (unpaired) electrons. The van der Waals surface area contributed by atoms with Crippen molar-refractivity contribution < 1.29 is 4.92 Å². The molecule has 1 heterocycles. The van der Waals surface area contributed by atoms with Gasteiger partial charge in [0.2, 0.25) is 5.82 Å². The first kappa shape index (κ1) is 11.1. The summed E-state index contributed by atoms with van der Waals surface area (Å²) in [6, 6.07) is 2.79. The molecule has 0 aliphatic heterocycles. The van der Waals surface area contributed by atoms with Gasteiger partial charge < -0.3 is 5.32 Å². The fourth-order valence-electron chi connectivity index (χ4n) is 1.51. The Balaban J connectivity index is 2.03. The summed E-state index contributed by atoms with van der Waals surface area (Å²) in [5.41, 5.74) is -0.0276. The van der Waals surface area contributed by atoms with Gasteiger partial charge in [-0.2, -0.15) is 0 Å². The average Bonchev–Trinajstić information content (AvgIpc) is 3.01. The first-order valence-corrected chi connectivity index (χ1v) is 5.59. The number of nitrogens with zero attached hydrogens (tertiary/aromatic N) is 2. The Labute approximate surface area is 98.0 Å². The van der Waals surface area contributed by atoms with Gasteiger partial charge in [-0.3, -0.25) is 10.1 Å². The van der Waals surface area contributed by atoms with E-state index in [0.717, 1.165) is 12.3 Å². The van der Waals surface area contributed by atoms with E-state index in [0.29, 0.717) is 6.54 Å². The van der Waals surface area contributed by atoms with Crippen LogP contribution in [0.25, 0.3) is 0 Å². The third-order valence-electron chi connectivity index (χ3n) is 2.58. The lowest BCUT2D eigenvalue weighted by Gasteiger charge is -2.05. The van der Waals surface area contributed by atoms with E-state index in [-0.39, 0.29) is 16.7 Å². The molecule has 1 aromatic heterocycles. The van der Waals surface area contributed by atoms with Gasteiger partial charge in [0.15, 0.2) is 0 Å². The SMILES string of the molecule is O=[N+]([O-])c1ccc(Cl)nc1NCCC1CC1. The molecule has 1 fully saturated rings. The van der Waals surface area contributed by atoms with Crippen molar-refractivity contribution in [1.29, 1.82) is 0 Å². The second kappa shape index (κ2) is 4.65. The summed E-state index contributed by atoms with van der Waals surface area (Å²) in [6.07, 6.45) is 3.57. The van der Waals surface area contributed by atoms with Crippen molar-refractivity contribution >= 4 is 23.1 Å². The van der Waals surface area contributed by atoms with Gasteiger partial charge in [0.05, 0.1) is 4.92 Å². The number of hydrogen-bond acceptors (Lipinski definition) is 4. The molecule has 0 bridgehead atoms. The van der Waals surface area contributed by atoms with Crippen LogP contribution in [0.4, 0.5) is 11.5 Å².